The van der Waals surface area contributed by atoms with Crippen molar-refractivity contribution >= 4 is 5.97 Å². The van der Waals surface area contributed by atoms with Crippen molar-refractivity contribution in [3.63, 3.8) is 0 Å². The molecule has 0 aromatic rings. The molecule has 112 valence electrons. The first-order valence-electron chi connectivity index (χ1n) is 6.90. The van der Waals surface area contributed by atoms with Crippen molar-refractivity contribution in [1.29, 1.82) is 0 Å². The van der Waals surface area contributed by atoms with Gasteiger partial charge >= 0.3 is 5.97 Å². The predicted molar refractivity (Wildman–Crippen MR) is 77.2 cm³/mol. The highest BCUT2D eigenvalue weighted by Crippen LogP contribution is 2.04. The molecule has 0 spiro atoms. The fourth-order valence-corrected chi connectivity index (χ4v) is 1.30. The smallest absolute Gasteiger partial charge is 0.302 e. The molecule has 3 N–H and O–H groups in total. The molecule has 0 fully saturated rings. The largest absolute Gasteiger partial charge is 0.466 e. The third-order valence-electron chi connectivity index (χ3n) is 2.21. The number of ether oxygens (including phenoxy) is 2. The second kappa shape index (κ2) is 21.7. The highest BCUT2D eigenvalue weighted by atomic mass is 16.5. The Hall–Kier alpha value is -0.610. The first kappa shape index (κ1) is 22.6. The molecule has 0 saturated carbocycles. The Labute approximate surface area is 113 Å². The molecule has 18 heavy (non-hydrogen) atoms. The summed E-state index contributed by atoms with van der Waals surface area (Å²) in [6, 6.07) is 0. The van der Waals surface area contributed by atoms with E-state index in [9.17, 15) is 4.79 Å². The first-order chi connectivity index (χ1) is 8.18. The van der Waals surface area contributed by atoms with Gasteiger partial charge in [-0.1, -0.05) is 39.0 Å². The Kier molecular flexibility index (Phi) is 27.1. The maximum Gasteiger partial charge on any atom is 0.302 e. The van der Waals surface area contributed by atoms with E-state index in [0.29, 0.717) is 6.61 Å². The maximum absolute atomic E-state index is 10.4. The molecule has 4 nitrogen and oxygen atoms in total. The summed E-state index contributed by atoms with van der Waals surface area (Å²) >= 11 is 0. The van der Waals surface area contributed by atoms with Crippen LogP contribution in [0.2, 0.25) is 0 Å². The van der Waals surface area contributed by atoms with Crippen molar-refractivity contribution in [2.75, 3.05) is 19.8 Å². The molecule has 0 rings (SSSR count). The van der Waals surface area contributed by atoms with Crippen LogP contribution in [0, 0.1) is 0 Å². The lowest BCUT2D eigenvalue weighted by atomic mass is 10.1. The Morgan fingerprint density at radius 1 is 0.889 bits per heavy atom. The summed E-state index contributed by atoms with van der Waals surface area (Å²) in [5.41, 5.74) is 0. The SMILES string of the molecule is CCCCCCCCOC(C)=O.CCOCC.N. The minimum Gasteiger partial charge on any atom is -0.466 e. The van der Waals surface area contributed by atoms with E-state index < -0.39 is 0 Å². The molecule has 0 saturated heterocycles. The van der Waals surface area contributed by atoms with E-state index >= 15 is 0 Å². The normalized spacial score (nSPS) is 8.89. The van der Waals surface area contributed by atoms with Crippen LogP contribution in [-0.2, 0) is 14.3 Å². The second-order valence-electron chi connectivity index (χ2n) is 3.89. The van der Waals surface area contributed by atoms with Crippen molar-refractivity contribution in [3.05, 3.63) is 0 Å². The molecule has 0 amide bonds. The third kappa shape index (κ3) is 29.5. The highest BCUT2D eigenvalue weighted by molar-refractivity contribution is 5.65. The minimum atomic E-state index is -0.163. The van der Waals surface area contributed by atoms with Gasteiger partial charge in [0.1, 0.15) is 0 Å². The molecule has 0 aliphatic rings. The summed E-state index contributed by atoms with van der Waals surface area (Å²) in [6.45, 7) is 9.93. The zero-order valence-electron chi connectivity index (χ0n) is 12.8. The summed E-state index contributed by atoms with van der Waals surface area (Å²) < 4.78 is 9.64. The Bertz CT molecular complexity index is 150. The van der Waals surface area contributed by atoms with Gasteiger partial charge in [-0.25, -0.2) is 0 Å². The monoisotopic (exact) mass is 263 g/mol. The summed E-state index contributed by atoms with van der Waals surface area (Å²) in [4.78, 5) is 10.4. The summed E-state index contributed by atoms with van der Waals surface area (Å²) in [5, 5.41) is 0. The summed E-state index contributed by atoms with van der Waals surface area (Å²) in [7, 11) is 0. The first-order valence-corrected chi connectivity index (χ1v) is 6.90. The van der Waals surface area contributed by atoms with Crippen LogP contribution in [0.15, 0.2) is 0 Å². The van der Waals surface area contributed by atoms with Gasteiger partial charge in [0, 0.05) is 20.1 Å². The molecule has 0 atom stereocenters. The van der Waals surface area contributed by atoms with E-state index in [2.05, 4.69) is 6.92 Å². The van der Waals surface area contributed by atoms with Crippen molar-refractivity contribution in [3.8, 4) is 0 Å². The van der Waals surface area contributed by atoms with E-state index in [0.717, 1.165) is 19.6 Å². The molecular formula is C14H33NO3. The number of carbonyl (C=O) groups is 1. The van der Waals surface area contributed by atoms with Gasteiger partial charge in [0.25, 0.3) is 0 Å². The Morgan fingerprint density at radius 2 is 1.39 bits per heavy atom. The zero-order chi connectivity index (χ0) is 13.4. The lowest BCUT2D eigenvalue weighted by molar-refractivity contribution is -0.141. The van der Waals surface area contributed by atoms with Gasteiger partial charge in [0.15, 0.2) is 0 Å². The van der Waals surface area contributed by atoms with E-state index in [1.807, 2.05) is 13.8 Å². The van der Waals surface area contributed by atoms with Gasteiger partial charge in [-0.2, -0.15) is 0 Å². The number of unbranched alkanes of at least 4 members (excludes halogenated alkanes) is 5. The number of carbonyl (C=O) groups excluding carboxylic acids is 1. The lowest BCUT2D eigenvalue weighted by Crippen LogP contribution is -1.99. The second-order valence-corrected chi connectivity index (χ2v) is 3.89. The van der Waals surface area contributed by atoms with Gasteiger partial charge in [-0.15, -0.1) is 0 Å². The number of hydrogen-bond donors (Lipinski definition) is 1. The highest BCUT2D eigenvalue weighted by Gasteiger charge is 1.92. The van der Waals surface area contributed by atoms with Crippen LogP contribution in [0.25, 0.3) is 0 Å². The standard InChI is InChI=1S/C10H20O2.C4H10O.H3N/c1-3-4-5-6-7-8-9-12-10(2)11;1-3-5-4-2;/h3-9H2,1-2H3;3-4H2,1-2H3;1H3. The van der Waals surface area contributed by atoms with E-state index in [1.165, 1.54) is 39.0 Å². The van der Waals surface area contributed by atoms with Gasteiger partial charge in [-0.05, 0) is 20.3 Å². The van der Waals surface area contributed by atoms with Crippen LogP contribution in [-0.4, -0.2) is 25.8 Å². The fraction of sp³-hybridized carbons (Fsp3) is 0.929. The number of rotatable bonds is 9. The van der Waals surface area contributed by atoms with Crippen molar-refractivity contribution < 1.29 is 14.3 Å². The lowest BCUT2D eigenvalue weighted by Gasteiger charge is -2.01. The van der Waals surface area contributed by atoms with E-state index in [1.54, 1.807) is 0 Å². The average Bonchev–Trinajstić information content (AvgIpc) is 2.29. The topological polar surface area (TPSA) is 70.5 Å². The maximum atomic E-state index is 10.4. The fourth-order valence-electron chi connectivity index (χ4n) is 1.30. The molecule has 0 aromatic carbocycles. The van der Waals surface area contributed by atoms with Crippen LogP contribution in [0.4, 0.5) is 0 Å². The predicted octanol–water partition coefficient (Wildman–Crippen LogP) is 4.11. The molecule has 0 aromatic heterocycles. The minimum absolute atomic E-state index is 0. The molecule has 4 heteroatoms. The van der Waals surface area contributed by atoms with Gasteiger partial charge < -0.3 is 15.6 Å². The van der Waals surface area contributed by atoms with Crippen LogP contribution < -0.4 is 6.15 Å². The molecule has 0 unspecified atom stereocenters. The van der Waals surface area contributed by atoms with Crippen LogP contribution in [0.5, 0.6) is 0 Å². The quantitative estimate of drug-likeness (QED) is 0.502. The molecule has 0 radical (unpaired) electrons. The van der Waals surface area contributed by atoms with E-state index in [4.69, 9.17) is 9.47 Å². The Morgan fingerprint density at radius 3 is 1.78 bits per heavy atom. The van der Waals surface area contributed by atoms with Crippen molar-refractivity contribution in [2.45, 2.75) is 66.2 Å². The molecular weight excluding hydrogens is 230 g/mol. The van der Waals surface area contributed by atoms with Crippen LogP contribution in [0.3, 0.4) is 0 Å². The van der Waals surface area contributed by atoms with Crippen molar-refractivity contribution in [1.82, 2.24) is 6.15 Å². The molecule has 0 aliphatic heterocycles. The van der Waals surface area contributed by atoms with Gasteiger partial charge in [-0.3, -0.25) is 4.79 Å². The van der Waals surface area contributed by atoms with Crippen molar-refractivity contribution in [2.24, 2.45) is 0 Å². The third-order valence-corrected chi connectivity index (χ3v) is 2.21. The summed E-state index contributed by atoms with van der Waals surface area (Å²) in [6.07, 6.45) is 7.40. The van der Waals surface area contributed by atoms with Gasteiger partial charge in [0.2, 0.25) is 0 Å². The molecule has 0 aliphatic carbocycles. The van der Waals surface area contributed by atoms with Crippen LogP contribution in [0.1, 0.15) is 66.2 Å². The number of esters is 1. The average molecular weight is 263 g/mol. The van der Waals surface area contributed by atoms with E-state index in [-0.39, 0.29) is 12.1 Å². The summed E-state index contributed by atoms with van der Waals surface area (Å²) in [5.74, 6) is -0.163. The van der Waals surface area contributed by atoms with Crippen LogP contribution >= 0.6 is 0 Å². The molecule has 0 bridgehead atoms. The number of hydrogen-bond acceptors (Lipinski definition) is 4. The van der Waals surface area contributed by atoms with Gasteiger partial charge in [0.05, 0.1) is 6.61 Å². The Balaban J connectivity index is -0.000000321. The molecule has 0 heterocycles. The zero-order valence-corrected chi connectivity index (χ0v) is 12.8.